The number of aryl methyl sites for hydroxylation is 2. The van der Waals surface area contributed by atoms with E-state index in [1.807, 2.05) is 50.2 Å². The fourth-order valence-electron chi connectivity index (χ4n) is 2.06. The standard InChI is InChI=1S/C16H17ClN2O.ClH/c1-10-7-13(8-11(2)15(10)17)20-9-12-5-3-4-6-14(12)16(18)19;/h3-8H,9H2,1-2H3,(H3,18,19);1H. The molecule has 3 nitrogen and oxygen atoms in total. The van der Waals surface area contributed by atoms with E-state index in [2.05, 4.69) is 0 Å². The summed E-state index contributed by atoms with van der Waals surface area (Å²) in [5.74, 6) is 0.815. The molecule has 0 aliphatic rings. The molecule has 0 aliphatic heterocycles. The molecule has 2 rings (SSSR count). The Hall–Kier alpha value is -1.71. The minimum Gasteiger partial charge on any atom is -0.489 e. The number of ether oxygens (including phenoxy) is 1. The minimum atomic E-state index is 0. The predicted molar refractivity (Wildman–Crippen MR) is 90.0 cm³/mol. The molecule has 0 saturated carbocycles. The van der Waals surface area contributed by atoms with Gasteiger partial charge in [-0.05, 0) is 37.1 Å². The molecule has 2 aromatic rings. The van der Waals surface area contributed by atoms with Crippen molar-refractivity contribution in [2.24, 2.45) is 5.73 Å². The van der Waals surface area contributed by atoms with Crippen LogP contribution in [0, 0.1) is 19.3 Å². The second kappa shape index (κ2) is 7.34. The summed E-state index contributed by atoms with van der Waals surface area (Å²) in [6.07, 6.45) is 0. The quantitative estimate of drug-likeness (QED) is 0.652. The van der Waals surface area contributed by atoms with E-state index in [0.29, 0.717) is 12.2 Å². The second-order valence-electron chi connectivity index (χ2n) is 4.73. The van der Waals surface area contributed by atoms with Gasteiger partial charge in [0.15, 0.2) is 0 Å². The number of benzene rings is 2. The zero-order valence-corrected chi connectivity index (χ0v) is 13.5. The number of halogens is 2. The molecule has 0 heterocycles. The molecule has 0 spiro atoms. The Morgan fingerprint density at radius 3 is 2.33 bits per heavy atom. The smallest absolute Gasteiger partial charge is 0.123 e. The zero-order valence-electron chi connectivity index (χ0n) is 11.9. The molecule has 3 N–H and O–H groups in total. The van der Waals surface area contributed by atoms with Gasteiger partial charge in [-0.1, -0.05) is 35.9 Å². The van der Waals surface area contributed by atoms with E-state index in [0.717, 1.165) is 27.5 Å². The van der Waals surface area contributed by atoms with Crippen LogP contribution in [-0.4, -0.2) is 5.84 Å². The maximum Gasteiger partial charge on any atom is 0.123 e. The molecule has 0 amide bonds. The van der Waals surface area contributed by atoms with Crippen molar-refractivity contribution in [1.82, 2.24) is 0 Å². The van der Waals surface area contributed by atoms with Gasteiger partial charge in [0.1, 0.15) is 18.2 Å². The highest BCUT2D eigenvalue weighted by atomic mass is 35.5. The van der Waals surface area contributed by atoms with Gasteiger partial charge in [-0.25, -0.2) is 0 Å². The Labute approximate surface area is 136 Å². The summed E-state index contributed by atoms with van der Waals surface area (Å²) in [5.41, 5.74) is 9.13. The molecular formula is C16H18Cl2N2O. The van der Waals surface area contributed by atoms with Gasteiger partial charge in [0.05, 0.1) is 0 Å². The van der Waals surface area contributed by atoms with Crippen LogP contribution in [0.4, 0.5) is 0 Å². The highest BCUT2D eigenvalue weighted by Gasteiger charge is 2.07. The monoisotopic (exact) mass is 324 g/mol. The summed E-state index contributed by atoms with van der Waals surface area (Å²) in [5, 5.41) is 8.33. The van der Waals surface area contributed by atoms with Gasteiger partial charge in [0, 0.05) is 16.1 Å². The molecule has 2 aromatic carbocycles. The molecular weight excluding hydrogens is 307 g/mol. The zero-order chi connectivity index (χ0) is 14.7. The van der Waals surface area contributed by atoms with Crippen molar-refractivity contribution in [1.29, 1.82) is 5.41 Å². The molecule has 0 aromatic heterocycles. The third-order valence-corrected chi connectivity index (χ3v) is 3.71. The molecule has 0 radical (unpaired) electrons. The molecule has 0 bridgehead atoms. The van der Waals surface area contributed by atoms with Gasteiger partial charge in [0.25, 0.3) is 0 Å². The average molecular weight is 325 g/mol. The number of hydrogen-bond acceptors (Lipinski definition) is 2. The van der Waals surface area contributed by atoms with Crippen molar-refractivity contribution < 1.29 is 4.74 Å². The topological polar surface area (TPSA) is 59.1 Å². The van der Waals surface area contributed by atoms with Crippen molar-refractivity contribution in [3.63, 3.8) is 0 Å². The number of rotatable bonds is 4. The van der Waals surface area contributed by atoms with Crippen LogP contribution in [0.2, 0.25) is 5.02 Å². The first-order valence-corrected chi connectivity index (χ1v) is 6.68. The van der Waals surface area contributed by atoms with Crippen molar-refractivity contribution in [3.8, 4) is 5.75 Å². The highest BCUT2D eigenvalue weighted by Crippen LogP contribution is 2.26. The van der Waals surface area contributed by atoms with Crippen LogP contribution in [-0.2, 0) is 6.61 Å². The summed E-state index contributed by atoms with van der Waals surface area (Å²) < 4.78 is 5.79. The number of amidine groups is 1. The average Bonchev–Trinajstić information content (AvgIpc) is 2.42. The lowest BCUT2D eigenvalue weighted by atomic mass is 10.1. The molecule has 0 aliphatic carbocycles. The van der Waals surface area contributed by atoms with Gasteiger partial charge < -0.3 is 10.5 Å². The summed E-state index contributed by atoms with van der Waals surface area (Å²) in [6, 6.07) is 11.3. The Morgan fingerprint density at radius 2 is 1.76 bits per heavy atom. The SMILES string of the molecule is Cc1cc(OCc2ccccc2C(=N)N)cc(C)c1Cl.Cl. The first-order chi connectivity index (χ1) is 9.49. The fraction of sp³-hybridized carbons (Fsp3) is 0.188. The van der Waals surface area contributed by atoms with E-state index in [1.54, 1.807) is 0 Å². The maximum absolute atomic E-state index is 7.56. The van der Waals surface area contributed by atoms with E-state index in [9.17, 15) is 0 Å². The van der Waals surface area contributed by atoms with Gasteiger partial charge in [0.2, 0.25) is 0 Å². The van der Waals surface area contributed by atoms with Crippen LogP contribution < -0.4 is 10.5 Å². The molecule has 0 atom stereocenters. The third kappa shape index (κ3) is 4.13. The maximum atomic E-state index is 7.56. The lowest BCUT2D eigenvalue weighted by Crippen LogP contribution is -2.14. The van der Waals surface area contributed by atoms with Crippen molar-refractivity contribution in [3.05, 3.63) is 63.7 Å². The fourth-order valence-corrected chi connectivity index (χ4v) is 2.17. The van der Waals surface area contributed by atoms with Crippen molar-refractivity contribution >= 4 is 29.8 Å². The molecule has 112 valence electrons. The molecule has 0 unspecified atom stereocenters. The van der Waals surface area contributed by atoms with E-state index >= 15 is 0 Å². The van der Waals surface area contributed by atoms with Crippen LogP contribution in [0.5, 0.6) is 5.75 Å². The summed E-state index contributed by atoms with van der Waals surface area (Å²) in [6.45, 7) is 4.27. The van der Waals surface area contributed by atoms with E-state index in [4.69, 9.17) is 27.5 Å². The van der Waals surface area contributed by atoms with Crippen LogP contribution in [0.3, 0.4) is 0 Å². The van der Waals surface area contributed by atoms with Gasteiger partial charge >= 0.3 is 0 Å². The third-order valence-electron chi connectivity index (χ3n) is 3.11. The van der Waals surface area contributed by atoms with Crippen molar-refractivity contribution in [2.45, 2.75) is 20.5 Å². The number of nitrogens with two attached hydrogens (primary N) is 1. The van der Waals surface area contributed by atoms with E-state index in [-0.39, 0.29) is 18.2 Å². The number of nitrogens with one attached hydrogen (secondary N) is 1. The van der Waals surface area contributed by atoms with Crippen LogP contribution in [0.25, 0.3) is 0 Å². The Kier molecular flexibility index (Phi) is 6.06. The normalized spacial score (nSPS) is 9.86. The summed E-state index contributed by atoms with van der Waals surface area (Å²) >= 11 is 6.13. The first kappa shape index (κ1) is 17.3. The lowest BCUT2D eigenvalue weighted by Gasteiger charge is -2.12. The van der Waals surface area contributed by atoms with Crippen molar-refractivity contribution in [2.75, 3.05) is 0 Å². The van der Waals surface area contributed by atoms with Gasteiger partial charge in [-0.15, -0.1) is 12.4 Å². The van der Waals surface area contributed by atoms with E-state index in [1.165, 1.54) is 0 Å². The number of hydrogen-bond donors (Lipinski definition) is 2. The van der Waals surface area contributed by atoms with Crippen LogP contribution in [0.15, 0.2) is 36.4 Å². The highest BCUT2D eigenvalue weighted by molar-refractivity contribution is 6.32. The molecule has 5 heteroatoms. The molecule has 21 heavy (non-hydrogen) atoms. The van der Waals surface area contributed by atoms with Gasteiger partial charge in [-0.2, -0.15) is 0 Å². The van der Waals surface area contributed by atoms with E-state index < -0.39 is 0 Å². The second-order valence-corrected chi connectivity index (χ2v) is 5.11. The molecule has 0 fully saturated rings. The van der Waals surface area contributed by atoms with Gasteiger partial charge in [-0.3, -0.25) is 5.41 Å². The Morgan fingerprint density at radius 1 is 1.19 bits per heavy atom. The van der Waals surface area contributed by atoms with Crippen LogP contribution >= 0.6 is 24.0 Å². The summed E-state index contributed by atoms with van der Waals surface area (Å²) in [7, 11) is 0. The molecule has 0 saturated heterocycles. The predicted octanol–water partition coefficient (Wildman–Crippen LogP) is 4.24. The Bertz CT molecular complexity index is 633. The van der Waals surface area contributed by atoms with Crippen LogP contribution in [0.1, 0.15) is 22.3 Å². The first-order valence-electron chi connectivity index (χ1n) is 6.31. The number of nitrogen functional groups attached to an aromatic ring is 1. The summed E-state index contributed by atoms with van der Waals surface area (Å²) in [4.78, 5) is 0. The lowest BCUT2D eigenvalue weighted by molar-refractivity contribution is 0.305. The largest absolute Gasteiger partial charge is 0.489 e. The minimum absolute atomic E-state index is 0. The Balaban J connectivity index is 0.00000220.